The van der Waals surface area contributed by atoms with E-state index in [1.165, 1.54) is 0 Å². The summed E-state index contributed by atoms with van der Waals surface area (Å²) in [5.41, 5.74) is 7.55. The van der Waals surface area contributed by atoms with E-state index >= 15 is 0 Å². The number of hydrogen-bond donors (Lipinski definition) is 1. The topological polar surface area (TPSA) is 53.7 Å². The fraction of sp³-hybridized carbons (Fsp3) is 0.500. The first-order valence-corrected chi connectivity index (χ1v) is 5.13. The quantitative estimate of drug-likeness (QED) is 0.828. The smallest absolute Gasteiger partial charge is 0.131 e. The number of ether oxygens (including phenoxy) is 3. The van der Waals surface area contributed by atoms with Crippen LogP contribution in [0.1, 0.15) is 17.2 Å². The normalized spacial score (nSPS) is 12.3. The minimum Gasteiger partial charge on any atom is -0.496 e. The Labute approximate surface area is 96.3 Å². The van der Waals surface area contributed by atoms with Gasteiger partial charge in [-0.05, 0) is 19.1 Å². The molecule has 16 heavy (non-hydrogen) atoms. The Hall–Kier alpha value is -1.26. The molecule has 1 rings (SSSR count). The summed E-state index contributed by atoms with van der Waals surface area (Å²) < 4.78 is 15.9. The van der Waals surface area contributed by atoms with Gasteiger partial charge in [0.05, 0.1) is 20.3 Å². The minimum absolute atomic E-state index is 0.153. The van der Waals surface area contributed by atoms with E-state index in [1.807, 2.05) is 19.1 Å². The number of methoxy groups -OCH3 is 3. The van der Waals surface area contributed by atoms with Crippen molar-refractivity contribution in [3.63, 3.8) is 0 Å². The van der Waals surface area contributed by atoms with Crippen molar-refractivity contribution >= 4 is 0 Å². The molecule has 0 aliphatic carbocycles. The van der Waals surface area contributed by atoms with Crippen LogP contribution in [0.4, 0.5) is 0 Å². The maximum atomic E-state index is 5.65. The second kappa shape index (κ2) is 5.72. The highest BCUT2D eigenvalue weighted by molar-refractivity contribution is 5.50. The van der Waals surface area contributed by atoms with Gasteiger partial charge in [-0.25, -0.2) is 0 Å². The second-order valence-corrected chi connectivity index (χ2v) is 3.48. The maximum absolute atomic E-state index is 5.65. The van der Waals surface area contributed by atoms with Crippen molar-refractivity contribution in [2.75, 3.05) is 27.9 Å². The lowest BCUT2D eigenvalue weighted by Gasteiger charge is -2.19. The summed E-state index contributed by atoms with van der Waals surface area (Å²) in [4.78, 5) is 0. The molecule has 0 saturated heterocycles. The molecule has 0 aliphatic heterocycles. The summed E-state index contributed by atoms with van der Waals surface area (Å²) in [6.45, 7) is 2.36. The van der Waals surface area contributed by atoms with Crippen LogP contribution in [0.3, 0.4) is 0 Å². The van der Waals surface area contributed by atoms with Crippen LogP contribution >= 0.6 is 0 Å². The van der Waals surface area contributed by atoms with E-state index in [2.05, 4.69) is 0 Å². The third-order valence-electron chi connectivity index (χ3n) is 2.66. The lowest BCUT2D eigenvalue weighted by atomic mass is 10.0. The van der Waals surface area contributed by atoms with E-state index in [4.69, 9.17) is 19.9 Å². The van der Waals surface area contributed by atoms with Crippen LogP contribution in [-0.2, 0) is 4.74 Å². The molecule has 1 unspecified atom stereocenters. The molecule has 1 atom stereocenters. The fourth-order valence-electron chi connectivity index (χ4n) is 1.79. The van der Waals surface area contributed by atoms with Gasteiger partial charge in [0.15, 0.2) is 0 Å². The number of rotatable bonds is 5. The van der Waals surface area contributed by atoms with Crippen molar-refractivity contribution in [1.82, 2.24) is 0 Å². The van der Waals surface area contributed by atoms with E-state index in [1.54, 1.807) is 21.3 Å². The van der Waals surface area contributed by atoms with Crippen LogP contribution in [0.25, 0.3) is 0 Å². The van der Waals surface area contributed by atoms with E-state index < -0.39 is 0 Å². The van der Waals surface area contributed by atoms with Crippen LogP contribution < -0.4 is 15.2 Å². The zero-order chi connectivity index (χ0) is 12.1. The van der Waals surface area contributed by atoms with Gasteiger partial charge in [-0.3, -0.25) is 0 Å². The van der Waals surface area contributed by atoms with Crippen molar-refractivity contribution < 1.29 is 14.2 Å². The van der Waals surface area contributed by atoms with Crippen LogP contribution in [0, 0.1) is 6.92 Å². The van der Waals surface area contributed by atoms with Crippen LogP contribution in [-0.4, -0.2) is 27.9 Å². The Kier molecular flexibility index (Phi) is 4.58. The largest absolute Gasteiger partial charge is 0.496 e. The average molecular weight is 225 g/mol. The summed E-state index contributed by atoms with van der Waals surface area (Å²) >= 11 is 0. The molecule has 4 heteroatoms. The summed E-state index contributed by atoms with van der Waals surface area (Å²) in [5.74, 6) is 1.57. The van der Waals surface area contributed by atoms with Gasteiger partial charge in [0.1, 0.15) is 11.5 Å². The van der Waals surface area contributed by atoms with Crippen molar-refractivity contribution in [3.05, 3.63) is 23.3 Å². The van der Waals surface area contributed by atoms with Crippen LogP contribution in [0.5, 0.6) is 11.5 Å². The van der Waals surface area contributed by atoms with Crippen molar-refractivity contribution in [2.24, 2.45) is 5.73 Å². The molecule has 1 aromatic carbocycles. The number of hydrogen-bond acceptors (Lipinski definition) is 4. The molecular formula is C12H19NO3. The van der Waals surface area contributed by atoms with E-state index in [0.29, 0.717) is 6.54 Å². The first-order valence-electron chi connectivity index (χ1n) is 5.13. The summed E-state index contributed by atoms with van der Waals surface area (Å²) in [6.07, 6.45) is -0.153. The van der Waals surface area contributed by atoms with E-state index in [0.717, 1.165) is 22.6 Å². The number of benzene rings is 1. The Morgan fingerprint density at radius 2 is 1.88 bits per heavy atom. The molecule has 0 amide bonds. The predicted molar refractivity (Wildman–Crippen MR) is 63.1 cm³/mol. The molecule has 0 aromatic heterocycles. The Morgan fingerprint density at radius 1 is 1.19 bits per heavy atom. The molecule has 2 N–H and O–H groups in total. The van der Waals surface area contributed by atoms with Gasteiger partial charge in [0.25, 0.3) is 0 Å². The minimum atomic E-state index is -0.153. The first kappa shape index (κ1) is 12.8. The summed E-state index contributed by atoms with van der Waals surface area (Å²) in [7, 11) is 4.91. The van der Waals surface area contributed by atoms with Gasteiger partial charge in [0, 0.05) is 24.8 Å². The molecule has 90 valence electrons. The zero-order valence-corrected chi connectivity index (χ0v) is 10.2. The third-order valence-corrected chi connectivity index (χ3v) is 2.66. The molecule has 0 fully saturated rings. The van der Waals surface area contributed by atoms with Crippen LogP contribution in [0.2, 0.25) is 0 Å². The molecule has 0 spiro atoms. The monoisotopic (exact) mass is 225 g/mol. The predicted octanol–water partition coefficient (Wildman–Crippen LogP) is 1.66. The van der Waals surface area contributed by atoms with Gasteiger partial charge in [-0.1, -0.05) is 0 Å². The second-order valence-electron chi connectivity index (χ2n) is 3.48. The molecule has 0 heterocycles. The van der Waals surface area contributed by atoms with Crippen molar-refractivity contribution in [3.8, 4) is 11.5 Å². The molecule has 0 bridgehead atoms. The molecule has 0 radical (unpaired) electrons. The average Bonchev–Trinajstić information content (AvgIpc) is 2.31. The summed E-state index contributed by atoms with van der Waals surface area (Å²) in [6, 6.07) is 3.82. The Balaban J connectivity index is 3.24. The highest BCUT2D eigenvalue weighted by atomic mass is 16.5. The Bertz CT molecular complexity index is 348. The maximum Gasteiger partial charge on any atom is 0.131 e. The number of nitrogens with two attached hydrogens (primary N) is 1. The highest BCUT2D eigenvalue weighted by Gasteiger charge is 2.17. The molecule has 0 aliphatic rings. The SMILES string of the molecule is COc1ccc(C(CN)OC)c(OC)c1C. The summed E-state index contributed by atoms with van der Waals surface area (Å²) in [5, 5.41) is 0. The van der Waals surface area contributed by atoms with Crippen LogP contribution in [0.15, 0.2) is 12.1 Å². The highest BCUT2D eigenvalue weighted by Crippen LogP contribution is 2.35. The van der Waals surface area contributed by atoms with Gasteiger partial charge < -0.3 is 19.9 Å². The lowest BCUT2D eigenvalue weighted by Crippen LogP contribution is -2.15. The molecular weight excluding hydrogens is 206 g/mol. The van der Waals surface area contributed by atoms with E-state index in [-0.39, 0.29) is 6.10 Å². The molecule has 0 saturated carbocycles. The lowest BCUT2D eigenvalue weighted by molar-refractivity contribution is 0.108. The third kappa shape index (κ3) is 2.28. The molecule has 4 nitrogen and oxygen atoms in total. The van der Waals surface area contributed by atoms with Gasteiger partial charge >= 0.3 is 0 Å². The standard InChI is InChI=1S/C12H19NO3/c1-8-10(14-2)6-5-9(12(8)16-4)11(7-13)15-3/h5-6,11H,7,13H2,1-4H3. The van der Waals surface area contributed by atoms with Gasteiger partial charge in [0.2, 0.25) is 0 Å². The molecule has 1 aromatic rings. The van der Waals surface area contributed by atoms with Gasteiger partial charge in [-0.2, -0.15) is 0 Å². The first-order chi connectivity index (χ1) is 7.69. The van der Waals surface area contributed by atoms with E-state index in [9.17, 15) is 0 Å². The van der Waals surface area contributed by atoms with Crippen molar-refractivity contribution in [1.29, 1.82) is 0 Å². The van der Waals surface area contributed by atoms with Crippen molar-refractivity contribution in [2.45, 2.75) is 13.0 Å². The van der Waals surface area contributed by atoms with Gasteiger partial charge in [-0.15, -0.1) is 0 Å². The Morgan fingerprint density at radius 3 is 2.31 bits per heavy atom. The zero-order valence-electron chi connectivity index (χ0n) is 10.2. The fourth-order valence-corrected chi connectivity index (χ4v) is 1.79.